The number of aliphatic carboxylic acids is 1. The summed E-state index contributed by atoms with van der Waals surface area (Å²) in [4.78, 5) is 29.2. The van der Waals surface area contributed by atoms with Crippen LogP contribution in [0.15, 0.2) is 6.07 Å². The lowest BCUT2D eigenvalue weighted by molar-refractivity contribution is -0.138. The van der Waals surface area contributed by atoms with Crippen molar-refractivity contribution in [1.29, 1.82) is 0 Å². The van der Waals surface area contributed by atoms with E-state index in [0.717, 1.165) is 17.7 Å². The van der Waals surface area contributed by atoms with Gasteiger partial charge in [-0.3, -0.25) is 14.5 Å². The van der Waals surface area contributed by atoms with Crippen LogP contribution in [0.2, 0.25) is 0 Å². The standard InChI is InChI=1S/C15H20N2O3S/c18-14(19)10-16-5-7-17(8-6-16)15(20)13-9-11-3-1-2-4-12(11)21-13/h9H,1-8,10H2,(H,18,19). The van der Waals surface area contributed by atoms with Crippen molar-refractivity contribution in [3.63, 3.8) is 0 Å². The lowest BCUT2D eigenvalue weighted by Gasteiger charge is -2.33. The number of hydrogen-bond donors (Lipinski definition) is 1. The van der Waals surface area contributed by atoms with E-state index in [2.05, 4.69) is 6.07 Å². The number of carboxylic acid groups (broad SMARTS) is 1. The fourth-order valence-electron chi connectivity index (χ4n) is 3.05. The minimum Gasteiger partial charge on any atom is -0.480 e. The molecule has 5 nitrogen and oxygen atoms in total. The maximum absolute atomic E-state index is 12.5. The number of fused-ring (bicyclic) bond motifs is 1. The molecule has 0 aromatic carbocycles. The van der Waals surface area contributed by atoms with E-state index in [1.807, 2.05) is 9.80 Å². The highest BCUT2D eigenvalue weighted by molar-refractivity contribution is 7.14. The second-order valence-electron chi connectivity index (χ2n) is 5.73. The van der Waals surface area contributed by atoms with Gasteiger partial charge < -0.3 is 10.0 Å². The summed E-state index contributed by atoms with van der Waals surface area (Å²) in [5.74, 6) is -0.690. The van der Waals surface area contributed by atoms with Crippen LogP contribution in [0, 0.1) is 0 Å². The van der Waals surface area contributed by atoms with Crippen LogP contribution in [-0.4, -0.2) is 59.5 Å². The number of thiophene rings is 1. The molecule has 2 heterocycles. The molecule has 1 aromatic heterocycles. The third-order valence-corrected chi connectivity index (χ3v) is 5.45. The third-order valence-electron chi connectivity index (χ3n) is 4.23. The molecule has 0 radical (unpaired) electrons. The van der Waals surface area contributed by atoms with Crippen LogP contribution >= 0.6 is 11.3 Å². The van der Waals surface area contributed by atoms with Crippen LogP contribution in [0.1, 0.15) is 33.0 Å². The van der Waals surface area contributed by atoms with Gasteiger partial charge in [0.05, 0.1) is 11.4 Å². The SMILES string of the molecule is O=C(O)CN1CCN(C(=O)c2cc3c(s2)CCCC3)CC1. The van der Waals surface area contributed by atoms with Gasteiger partial charge in [-0.15, -0.1) is 11.3 Å². The van der Waals surface area contributed by atoms with Crippen molar-refractivity contribution in [1.82, 2.24) is 9.80 Å². The molecule has 1 aromatic rings. The smallest absolute Gasteiger partial charge is 0.317 e. The van der Waals surface area contributed by atoms with E-state index in [1.165, 1.54) is 23.3 Å². The molecule has 1 aliphatic carbocycles. The van der Waals surface area contributed by atoms with Crippen molar-refractivity contribution in [2.24, 2.45) is 0 Å². The zero-order valence-corrected chi connectivity index (χ0v) is 12.8. The summed E-state index contributed by atoms with van der Waals surface area (Å²) in [6.45, 7) is 2.59. The lowest BCUT2D eigenvalue weighted by atomic mass is 9.99. The lowest BCUT2D eigenvalue weighted by Crippen LogP contribution is -2.49. The Hall–Kier alpha value is -1.40. The first-order chi connectivity index (χ1) is 10.1. The first kappa shape index (κ1) is 14.5. The molecule has 21 heavy (non-hydrogen) atoms. The van der Waals surface area contributed by atoms with E-state index in [4.69, 9.17) is 5.11 Å². The van der Waals surface area contributed by atoms with E-state index in [9.17, 15) is 9.59 Å². The molecular formula is C15H20N2O3S. The zero-order valence-electron chi connectivity index (χ0n) is 12.0. The Morgan fingerprint density at radius 3 is 2.52 bits per heavy atom. The highest BCUT2D eigenvalue weighted by Crippen LogP contribution is 2.30. The number of carbonyl (C=O) groups excluding carboxylic acids is 1. The number of rotatable bonds is 3. The molecule has 114 valence electrons. The molecular weight excluding hydrogens is 288 g/mol. The predicted octanol–water partition coefficient (Wildman–Crippen LogP) is 1.47. The fourth-order valence-corrected chi connectivity index (χ4v) is 4.27. The van der Waals surface area contributed by atoms with Gasteiger partial charge in [0.1, 0.15) is 0 Å². The fraction of sp³-hybridized carbons (Fsp3) is 0.600. The molecule has 0 spiro atoms. The van der Waals surface area contributed by atoms with Gasteiger partial charge in [-0.2, -0.15) is 0 Å². The Morgan fingerprint density at radius 1 is 1.14 bits per heavy atom. The maximum Gasteiger partial charge on any atom is 0.317 e. The molecule has 1 aliphatic heterocycles. The van der Waals surface area contributed by atoms with Crippen molar-refractivity contribution < 1.29 is 14.7 Å². The van der Waals surface area contributed by atoms with Crippen molar-refractivity contribution >= 4 is 23.2 Å². The summed E-state index contributed by atoms with van der Waals surface area (Å²) >= 11 is 1.65. The van der Waals surface area contributed by atoms with Crippen LogP contribution in [0.5, 0.6) is 0 Å². The van der Waals surface area contributed by atoms with Crippen LogP contribution in [-0.2, 0) is 17.6 Å². The minimum atomic E-state index is -0.805. The Kier molecular flexibility index (Phi) is 4.26. The average molecular weight is 308 g/mol. The molecule has 0 atom stereocenters. The normalized spacial score (nSPS) is 19.3. The molecule has 1 fully saturated rings. The Balaban J connectivity index is 1.61. The van der Waals surface area contributed by atoms with Gasteiger partial charge in [-0.25, -0.2) is 0 Å². The average Bonchev–Trinajstić information content (AvgIpc) is 2.90. The molecule has 2 aliphatic rings. The van der Waals surface area contributed by atoms with Crippen molar-refractivity contribution in [2.75, 3.05) is 32.7 Å². The summed E-state index contributed by atoms with van der Waals surface area (Å²) < 4.78 is 0. The summed E-state index contributed by atoms with van der Waals surface area (Å²) in [5.41, 5.74) is 1.36. The van der Waals surface area contributed by atoms with Crippen molar-refractivity contribution in [3.05, 3.63) is 21.4 Å². The van der Waals surface area contributed by atoms with Gasteiger partial charge >= 0.3 is 5.97 Å². The van der Waals surface area contributed by atoms with E-state index < -0.39 is 5.97 Å². The minimum absolute atomic E-state index is 0.0648. The third kappa shape index (κ3) is 3.27. The van der Waals surface area contributed by atoms with Crippen LogP contribution in [0.25, 0.3) is 0 Å². The van der Waals surface area contributed by atoms with E-state index >= 15 is 0 Å². The number of carbonyl (C=O) groups is 2. The number of nitrogens with zero attached hydrogens (tertiary/aromatic N) is 2. The Labute approximate surface area is 128 Å². The molecule has 3 rings (SSSR count). The summed E-state index contributed by atoms with van der Waals surface area (Å²) in [6.07, 6.45) is 4.67. The molecule has 6 heteroatoms. The predicted molar refractivity (Wildman–Crippen MR) is 80.9 cm³/mol. The monoisotopic (exact) mass is 308 g/mol. The zero-order chi connectivity index (χ0) is 14.8. The summed E-state index contributed by atoms with van der Waals surface area (Å²) in [5, 5.41) is 8.79. The molecule has 1 N–H and O–H groups in total. The quantitative estimate of drug-likeness (QED) is 0.918. The van der Waals surface area contributed by atoms with E-state index in [1.54, 1.807) is 11.3 Å². The number of carboxylic acids is 1. The molecule has 1 amide bonds. The highest BCUT2D eigenvalue weighted by atomic mass is 32.1. The Bertz CT molecular complexity index is 524. The number of aryl methyl sites for hydroxylation is 2. The largest absolute Gasteiger partial charge is 0.480 e. The van der Waals surface area contributed by atoms with Gasteiger partial charge in [0.25, 0.3) is 5.91 Å². The first-order valence-electron chi connectivity index (χ1n) is 7.48. The van der Waals surface area contributed by atoms with Gasteiger partial charge in [0.15, 0.2) is 0 Å². The van der Waals surface area contributed by atoms with Gasteiger partial charge in [0, 0.05) is 31.1 Å². The molecule has 0 saturated carbocycles. The van der Waals surface area contributed by atoms with Crippen molar-refractivity contribution in [2.45, 2.75) is 25.7 Å². The highest BCUT2D eigenvalue weighted by Gasteiger charge is 2.25. The van der Waals surface area contributed by atoms with E-state index in [0.29, 0.717) is 26.2 Å². The maximum atomic E-state index is 12.5. The van der Waals surface area contributed by atoms with Crippen LogP contribution in [0.3, 0.4) is 0 Å². The second kappa shape index (κ2) is 6.15. The van der Waals surface area contributed by atoms with Gasteiger partial charge in [-0.1, -0.05) is 0 Å². The first-order valence-corrected chi connectivity index (χ1v) is 8.30. The van der Waals surface area contributed by atoms with Crippen molar-refractivity contribution in [3.8, 4) is 0 Å². The molecule has 0 bridgehead atoms. The summed E-state index contributed by atoms with van der Waals surface area (Å²) in [7, 11) is 0. The number of amides is 1. The summed E-state index contributed by atoms with van der Waals surface area (Å²) in [6, 6.07) is 2.07. The second-order valence-corrected chi connectivity index (χ2v) is 6.87. The molecule has 1 saturated heterocycles. The molecule has 0 unspecified atom stereocenters. The van der Waals surface area contributed by atoms with Gasteiger partial charge in [0.2, 0.25) is 0 Å². The van der Waals surface area contributed by atoms with Gasteiger partial charge in [-0.05, 0) is 37.3 Å². The van der Waals surface area contributed by atoms with Crippen LogP contribution < -0.4 is 0 Å². The number of piperazine rings is 1. The number of hydrogen-bond acceptors (Lipinski definition) is 4. The Morgan fingerprint density at radius 2 is 1.86 bits per heavy atom. The topological polar surface area (TPSA) is 60.9 Å². The van der Waals surface area contributed by atoms with E-state index in [-0.39, 0.29) is 12.5 Å². The van der Waals surface area contributed by atoms with Crippen LogP contribution in [0.4, 0.5) is 0 Å².